The molecule has 0 aliphatic heterocycles. The Morgan fingerprint density at radius 1 is 1.06 bits per heavy atom. The fourth-order valence-corrected chi connectivity index (χ4v) is 2.91. The van der Waals surface area contributed by atoms with E-state index in [9.17, 15) is 26.3 Å². The molecule has 0 aliphatic carbocycles. The first kappa shape index (κ1) is 17.0. The molecule has 17 heavy (non-hydrogen) atoms. The molecule has 0 aromatic carbocycles. The van der Waals surface area contributed by atoms with E-state index in [1.165, 1.54) is 6.92 Å². The summed E-state index contributed by atoms with van der Waals surface area (Å²) in [6.45, 7) is 2.56. The third-order valence-corrected chi connectivity index (χ3v) is 4.75. The molecule has 0 radical (unpaired) electrons. The van der Waals surface area contributed by atoms with Gasteiger partial charge in [-0.15, -0.1) is 0 Å². The van der Waals surface area contributed by atoms with Gasteiger partial charge in [0, 0.05) is 6.61 Å². The van der Waals surface area contributed by atoms with Gasteiger partial charge in [0.1, 0.15) is 0 Å². The highest BCUT2D eigenvalue weighted by Gasteiger charge is 2.77. The number of rotatable bonds is 5. The lowest BCUT2D eigenvalue weighted by Crippen LogP contribution is -2.66. The van der Waals surface area contributed by atoms with Crippen LogP contribution >= 0.6 is 11.1 Å². The van der Waals surface area contributed by atoms with Crippen molar-refractivity contribution < 1.29 is 31.1 Å². The standard InChI is InChI=1S/C8H13ClF6OSi/c1-4-5-16-8(15,17(2,3)9)6(10,11)7(12,13)14/h4-5H2,1-3H3. The first-order valence-electron chi connectivity index (χ1n) is 4.77. The van der Waals surface area contributed by atoms with Gasteiger partial charge < -0.3 is 4.74 Å². The highest BCUT2D eigenvalue weighted by atomic mass is 35.6. The average molecular weight is 303 g/mol. The molecule has 0 amide bonds. The minimum absolute atomic E-state index is 0.0982. The lowest BCUT2D eigenvalue weighted by molar-refractivity contribution is -0.359. The van der Waals surface area contributed by atoms with Crippen molar-refractivity contribution in [2.75, 3.05) is 6.61 Å². The highest BCUT2D eigenvalue weighted by molar-refractivity contribution is 7.20. The zero-order valence-electron chi connectivity index (χ0n) is 9.47. The van der Waals surface area contributed by atoms with E-state index in [0.29, 0.717) is 0 Å². The van der Waals surface area contributed by atoms with Crippen molar-refractivity contribution in [1.82, 2.24) is 0 Å². The van der Waals surface area contributed by atoms with Gasteiger partial charge in [-0.05, 0) is 6.42 Å². The summed E-state index contributed by atoms with van der Waals surface area (Å²) >= 11 is 5.43. The lowest BCUT2D eigenvalue weighted by Gasteiger charge is -2.40. The number of hydrogen-bond acceptors (Lipinski definition) is 1. The molecule has 0 N–H and O–H groups in total. The Morgan fingerprint density at radius 2 is 1.47 bits per heavy atom. The van der Waals surface area contributed by atoms with Crippen molar-refractivity contribution in [3.05, 3.63) is 0 Å². The molecule has 0 fully saturated rings. The molecule has 0 aliphatic rings. The molecule has 104 valence electrons. The summed E-state index contributed by atoms with van der Waals surface area (Å²) in [6, 6.07) is 0. The van der Waals surface area contributed by atoms with Gasteiger partial charge in [0.2, 0.25) is 7.38 Å². The summed E-state index contributed by atoms with van der Waals surface area (Å²) in [5.41, 5.74) is -4.18. The predicted octanol–water partition coefficient (Wildman–Crippen LogP) is 4.26. The second kappa shape index (κ2) is 4.97. The molecule has 0 saturated carbocycles. The molecule has 0 rings (SSSR count). The van der Waals surface area contributed by atoms with E-state index in [1.807, 2.05) is 0 Å². The number of alkyl halides is 6. The normalized spacial score (nSPS) is 18.0. The molecule has 0 aromatic rings. The Labute approximate surface area is 101 Å². The number of hydrogen-bond donors (Lipinski definition) is 0. The van der Waals surface area contributed by atoms with Crippen LogP contribution in [0.3, 0.4) is 0 Å². The van der Waals surface area contributed by atoms with E-state index in [4.69, 9.17) is 11.1 Å². The summed E-state index contributed by atoms with van der Waals surface area (Å²) in [5.74, 6) is -5.63. The molecule has 9 heteroatoms. The van der Waals surface area contributed by atoms with Gasteiger partial charge in [-0.3, -0.25) is 0 Å². The van der Waals surface area contributed by atoms with Crippen LogP contribution < -0.4 is 0 Å². The Kier molecular flexibility index (Phi) is 4.98. The fraction of sp³-hybridized carbons (Fsp3) is 1.00. The molecular formula is C8H13ClF6OSi. The third-order valence-electron chi connectivity index (χ3n) is 2.03. The first-order chi connectivity index (χ1) is 7.31. The second-order valence-corrected chi connectivity index (χ2v) is 10.4. The highest BCUT2D eigenvalue weighted by Crippen LogP contribution is 2.51. The first-order valence-corrected chi connectivity index (χ1v) is 8.78. The molecule has 0 heterocycles. The van der Waals surface area contributed by atoms with Crippen LogP contribution in [0.15, 0.2) is 0 Å². The van der Waals surface area contributed by atoms with Crippen LogP contribution in [0.1, 0.15) is 13.3 Å². The minimum atomic E-state index is -6.05. The van der Waals surface area contributed by atoms with Crippen molar-refractivity contribution in [3.8, 4) is 0 Å². The lowest BCUT2D eigenvalue weighted by atomic mass is 10.3. The monoisotopic (exact) mass is 302 g/mol. The quantitative estimate of drug-likeness (QED) is 0.419. The smallest absolute Gasteiger partial charge is 0.343 e. The van der Waals surface area contributed by atoms with Crippen molar-refractivity contribution in [2.45, 2.75) is 44.0 Å². The van der Waals surface area contributed by atoms with Gasteiger partial charge >= 0.3 is 12.1 Å². The van der Waals surface area contributed by atoms with Crippen LogP contribution in [-0.4, -0.2) is 31.6 Å². The summed E-state index contributed by atoms with van der Waals surface area (Å²) in [6.07, 6.45) is -5.95. The van der Waals surface area contributed by atoms with Crippen LogP contribution in [-0.2, 0) is 4.74 Å². The average Bonchev–Trinajstić information content (AvgIpc) is 2.10. The summed E-state index contributed by atoms with van der Waals surface area (Å²) in [7, 11) is -4.08. The van der Waals surface area contributed by atoms with Crippen molar-refractivity contribution in [1.29, 1.82) is 0 Å². The molecule has 0 bridgehead atoms. The van der Waals surface area contributed by atoms with Crippen LogP contribution in [0.2, 0.25) is 13.1 Å². The summed E-state index contributed by atoms with van der Waals surface area (Å²) in [4.78, 5) is 0. The van der Waals surface area contributed by atoms with E-state index < -0.39 is 31.6 Å². The van der Waals surface area contributed by atoms with Gasteiger partial charge in [-0.2, -0.15) is 33.0 Å². The Bertz CT molecular complexity index is 264. The van der Waals surface area contributed by atoms with Crippen molar-refractivity contribution in [2.24, 2.45) is 0 Å². The molecule has 1 unspecified atom stereocenters. The van der Waals surface area contributed by atoms with Gasteiger partial charge in [-0.25, -0.2) is 4.39 Å². The maximum atomic E-state index is 14.0. The van der Waals surface area contributed by atoms with Crippen LogP contribution in [0.4, 0.5) is 26.3 Å². The van der Waals surface area contributed by atoms with Crippen LogP contribution in [0.5, 0.6) is 0 Å². The van der Waals surface area contributed by atoms with Crippen molar-refractivity contribution in [3.63, 3.8) is 0 Å². The maximum Gasteiger partial charge on any atom is 0.459 e. The minimum Gasteiger partial charge on any atom is -0.343 e. The molecule has 0 spiro atoms. The number of halogens is 7. The SMILES string of the molecule is CCCOC(F)(C(F)(F)C(F)(F)F)[Si](C)(C)Cl. The van der Waals surface area contributed by atoms with Gasteiger partial charge in [-0.1, -0.05) is 20.0 Å². The molecular weight excluding hydrogens is 290 g/mol. The molecule has 1 atom stereocenters. The van der Waals surface area contributed by atoms with E-state index in [0.717, 1.165) is 13.1 Å². The van der Waals surface area contributed by atoms with E-state index in [1.54, 1.807) is 0 Å². The van der Waals surface area contributed by atoms with Gasteiger partial charge in [0.25, 0.3) is 5.48 Å². The van der Waals surface area contributed by atoms with Gasteiger partial charge in [0.05, 0.1) is 0 Å². The number of ether oxygens (including phenoxy) is 1. The topological polar surface area (TPSA) is 9.23 Å². The summed E-state index contributed by atoms with van der Waals surface area (Å²) < 4.78 is 80.9. The van der Waals surface area contributed by atoms with Gasteiger partial charge in [0.15, 0.2) is 0 Å². The molecule has 0 aromatic heterocycles. The van der Waals surface area contributed by atoms with Crippen LogP contribution in [0.25, 0.3) is 0 Å². The Morgan fingerprint density at radius 3 is 1.71 bits per heavy atom. The Hall–Kier alpha value is 0.0469. The molecule has 1 nitrogen and oxygen atoms in total. The Balaban J connectivity index is 5.48. The molecule has 0 saturated heterocycles. The maximum absolute atomic E-state index is 14.0. The zero-order chi connectivity index (χ0) is 14.1. The van der Waals surface area contributed by atoms with E-state index in [-0.39, 0.29) is 6.42 Å². The predicted molar refractivity (Wildman–Crippen MR) is 54.4 cm³/mol. The summed E-state index contributed by atoms with van der Waals surface area (Å²) in [5, 5.41) is 0. The van der Waals surface area contributed by atoms with Crippen molar-refractivity contribution >= 4 is 18.5 Å². The third kappa shape index (κ3) is 3.08. The van der Waals surface area contributed by atoms with E-state index >= 15 is 0 Å². The zero-order valence-corrected chi connectivity index (χ0v) is 11.2. The fourth-order valence-electron chi connectivity index (χ4n) is 1.06. The van der Waals surface area contributed by atoms with E-state index in [2.05, 4.69) is 4.74 Å². The second-order valence-electron chi connectivity index (χ2n) is 3.99. The van der Waals surface area contributed by atoms with Crippen LogP contribution in [0, 0.1) is 0 Å². The largest absolute Gasteiger partial charge is 0.459 e.